The summed E-state index contributed by atoms with van der Waals surface area (Å²) in [6.07, 6.45) is 2.30. The molecule has 33 heavy (non-hydrogen) atoms. The topological polar surface area (TPSA) is 58.4 Å². The smallest absolute Gasteiger partial charge is 0.273 e. The Balaban J connectivity index is 1.21. The van der Waals surface area contributed by atoms with Crippen molar-refractivity contribution in [1.29, 1.82) is 0 Å². The van der Waals surface area contributed by atoms with Gasteiger partial charge in [0.15, 0.2) is 0 Å². The van der Waals surface area contributed by atoms with Crippen molar-refractivity contribution < 1.29 is 9.59 Å². The predicted molar refractivity (Wildman–Crippen MR) is 126 cm³/mol. The van der Waals surface area contributed by atoms with Crippen LogP contribution in [0.15, 0.2) is 54.6 Å². The molecule has 0 radical (unpaired) electrons. The van der Waals surface area contributed by atoms with E-state index in [1.165, 1.54) is 0 Å². The van der Waals surface area contributed by atoms with Crippen LogP contribution in [-0.2, 0) is 0 Å². The van der Waals surface area contributed by atoms with E-state index in [0.29, 0.717) is 41.8 Å². The Morgan fingerprint density at radius 3 is 2.42 bits per heavy atom. The minimum absolute atomic E-state index is 0.0215. The Labute approximate surface area is 197 Å². The lowest BCUT2D eigenvalue weighted by atomic mass is 9.96. The Hall–Kier alpha value is -3.12. The number of aryl methyl sites for hydroxylation is 1. The lowest BCUT2D eigenvalue weighted by Gasteiger charge is -2.42. The minimum atomic E-state index is 0.0215. The highest BCUT2D eigenvalue weighted by atomic mass is 35.5. The summed E-state index contributed by atoms with van der Waals surface area (Å²) in [6, 6.07) is 17.0. The highest BCUT2D eigenvalue weighted by Crippen LogP contribution is 2.51. The van der Waals surface area contributed by atoms with Crippen molar-refractivity contribution in [2.45, 2.75) is 25.8 Å². The zero-order valence-electron chi connectivity index (χ0n) is 18.4. The first-order valence-corrected chi connectivity index (χ1v) is 11.9. The molecule has 2 aromatic carbocycles. The third-order valence-electron chi connectivity index (χ3n) is 7.06. The van der Waals surface area contributed by atoms with E-state index >= 15 is 0 Å². The molecule has 3 aliphatic rings. The third-order valence-corrected chi connectivity index (χ3v) is 7.31. The Kier molecular flexibility index (Phi) is 4.80. The molecule has 2 fully saturated rings. The monoisotopic (exact) mass is 460 g/mol. The summed E-state index contributed by atoms with van der Waals surface area (Å²) in [5.74, 6) is 0.880. The number of amides is 2. The van der Waals surface area contributed by atoms with Crippen LogP contribution in [0.2, 0.25) is 5.02 Å². The molecule has 1 saturated heterocycles. The molecule has 1 atom stereocenters. The van der Waals surface area contributed by atoms with Gasteiger partial charge in [-0.15, -0.1) is 0 Å². The molecule has 1 saturated carbocycles. The number of para-hydroxylation sites is 1. The number of hydrogen-bond acceptors (Lipinski definition) is 3. The fraction of sp³-hybridized carbons (Fsp3) is 0.346. The van der Waals surface area contributed by atoms with Crippen LogP contribution in [0.5, 0.6) is 0 Å². The molecule has 0 N–H and O–H groups in total. The first-order valence-electron chi connectivity index (χ1n) is 11.5. The van der Waals surface area contributed by atoms with Gasteiger partial charge in [0.05, 0.1) is 17.4 Å². The predicted octanol–water partition coefficient (Wildman–Crippen LogP) is 4.51. The molecular formula is C26H25ClN4O2. The van der Waals surface area contributed by atoms with Crippen LogP contribution in [0.25, 0.3) is 5.69 Å². The van der Waals surface area contributed by atoms with E-state index in [1.807, 2.05) is 46.8 Å². The van der Waals surface area contributed by atoms with E-state index in [2.05, 4.69) is 4.90 Å². The van der Waals surface area contributed by atoms with E-state index in [1.54, 1.807) is 24.3 Å². The van der Waals surface area contributed by atoms with E-state index in [4.69, 9.17) is 16.7 Å². The number of halogens is 1. The Morgan fingerprint density at radius 1 is 1.06 bits per heavy atom. The van der Waals surface area contributed by atoms with Gasteiger partial charge in [0.2, 0.25) is 0 Å². The normalized spacial score (nSPS) is 20.2. The minimum Gasteiger partial charge on any atom is -0.338 e. The van der Waals surface area contributed by atoms with Crippen LogP contribution in [0.1, 0.15) is 51.0 Å². The van der Waals surface area contributed by atoms with Crippen LogP contribution in [-0.4, -0.2) is 51.0 Å². The highest BCUT2D eigenvalue weighted by molar-refractivity contribution is 6.30. The summed E-state index contributed by atoms with van der Waals surface area (Å²) in [6.45, 7) is 4.03. The quantitative estimate of drug-likeness (QED) is 0.562. The summed E-state index contributed by atoms with van der Waals surface area (Å²) in [5, 5.41) is 5.36. The maximum atomic E-state index is 13.7. The fourth-order valence-electron chi connectivity index (χ4n) is 5.28. The number of benzene rings is 2. The average molecular weight is 461 g/mol. The Morgan fingerprint density at radius 2 is 1.76 bits per heavy atom. The molecule has 2 amide bonds. The number of nitrogens with zero attached hydrogens (tertiary/aromatic N) is 4. The van der Waals surface area contributed by atoms with Gasteiger partial charge in [-0.3, -0.25) is 9.59 Å². The van der Waals surface area contributed by atoms with Gasteiger partial charge >= 0.3 is 0 Å². The number of fused-ring (bicyclic) bond motifs is 1. The van der Waals surface area contributed by atoms with E-state index in [9.17, 15) is 9.59 Å². The van der Waals surface area contributed by atoms with Gasteiger partial charge in [0.1, 0.15) is 5.69 Å². The average Bonchev–Trinajstić information content (AvgIpc) is 3.52. The van der Waals surface area contributed by atoms with Gasteiger partial charge in [-0.2, -0.15) is 5.10 Å². The molecule has 3 aromatic rings. The van der Waals surface area contributed by atoms with E-state index in [0.717, 1.165) is 29.8 Å². The van der Waals surface area contributed by atoms with Crippen molar-refractivity contribution >= 4 is 23.4 Å². The van der Waals surface area contributed by atoms with Gasteiger partial charge in [0.25, 0.3) is 11.8 Å². The second-order valence-corrected chi connectivity index (χ2v) is 9.85. The van der Waals surface area contributed by atoms with Gasteiger partial charge in [-0.25, -0.2) is 4.68 Å². The number of rotatable bonds is 5. The fourth-order valence-corrected chi connectivity index (χ4v) is 5.40. The molecule has 1 aliphatic carbocycles. The van der Waals surface area contributed by atoms with Gasteiger partial charge in [-0.05, 0) is 62.1 Å². The second kappa shape index (κ2) is 7.73. The molecule has 6 rings (SSSR count). The summed E-state index contributed by atoms with van der Waals surface area (Å²) < 4.78 is 1.82. The van der Waals surface area contributed by atoms with Gasteiger partial charge in [0, 0.05) is 41.7 Å². The van der Waals surface area contributed by atoms with Crippen LogP contribution < -0.4 is 0 Å². The van der Waals surface area contributed by atoms with E-state index in [-0.39, 0.29) is 23.8 Å². The lowest BCUT2D eigenvalue weighted by molar-refractivity contribution is 0.0337. The molecular weight excluding hydrogens is 436 g/mol. The summed E-state index contributed by atoms with van der Waals surface area (Å²) in [7, 11) is 0. The van der Waals surface area contributed by atoms with Crippen molar-refractivity contribution in [2.75, 3.05) is 19.6 Å². The van der Waals surface area contributed by atoms with Crippen molar-refractivity contribution in [3.8, 4) is 5.69 Å². The van der Waals surface area contributed by atoms with Crippen molar-refractivity contribution in [3.63, 3.8) is 0 Å². The molecule has 2 aliphatic heterocycles. The van der Waals surface area contributed by atoms with Crippen molar-refractivity contribution in [3.05, 3.63) is 82.1 Å². The van der Waals surface area contributed by atoms with Crippen molar-refractivity contribution in [1.82, 2.24) is 19.6 Å². The first kappa shape index (κ1) is 20.5. The highest BCUT2D eigenvalue weighted by Gasteiger charge is 2.50. The summed E-state index contributed by atoms with van der Waals surface area (Å²) >= 11 is 5.94. The first-order chi connectivity index (χ1) is 16.0. The SMILES string of the molecule is Cc1nn(-c2ccccc2)c2c1C(C1CC1)N(CC1CN(C(=O)c3ccc(Cl)cc3)C1)C2=O. The summed E-state index contributed by atoms with van der Waals surface area (Å²) in [4.78, 5) is 30.3. The Bertz CT molecular complexity index is 1230. The molecule has 1 unspecified atom stereocenters. The summed E-state index contributed by atoms with van der Waals surface area (Å²) in [5.41, 5.74) is 4.31. The molecule has 0 bridgehead atoms. The van der Waals surface area contributed by atoms with Gasteiger partial charge < -0.3 is 9.80 Å². The maximum absolute atomic E-state index is 13.7. The van der Waals surface area contributed by atoms with Crippen LogP contribution in [0, 0.1) is 18.8 Å². The molecule has 1 aromatic heterocycles. The molecule has 3 heterocycles. The molecule has 0 spiro atoms. The number of carbonyl (C=O) groups is 2. The van der Waals surface area contributed by atoms with E-state index < -0.39 is 0 Å². The zero-order valence-corrected chi connectivity index (χ0v) is 19.2. The number of hydrogen-bond donors (Lipinski definition) is 0. The lowest BCUT2D eigenvalue weighted by Crippen LogP contribution is -2.54. The third kappa shape index (κ3) is 3.44. The van der Waals surface area contributed by atoms with Crippen LogP contribution in [0.4, 0.5) is 0 Å². The second-order valence-electron chi connectivity index (χ2n) is 9.42. The maximum Gasteiger partial charge on any atom is 0.273 e. The number of carbonyl (C=O) groups excluding carboxylic acids is 2. The van der Waals surface area contributed by atoms with Crippen LogP contribution >= 0.6 is 11.6 Å². The molecule has 168 valence electrons. The van der Waals surface area contributed by atoms with Gasteiger partial charge in [-0.1, -0.05) is 29.8 Å². The van der Waals surface area contributed by atoms with Crippen LogP contribution in [0.3, 0.4) is 0 Å². The van der Waals surface area contributed by atoms with Crippen molar-refractivity contribution in [2.24, 2.45) is 11.8 Å². The molecule has 7 heteroatoms. The largest absolute Gasteiger partial charge is 0.338 e. The standard InChI is InChI=1S/C26H25ClN4O2/c1-16-22-23(18-7-8-18)30(26(33)24(22)31(28-16)21-5-3-2-4-6-21)15-17-13-29(14-17)25(32)19-9-11-20(27)12-10-19/h2-6,9-12,17-18,23H,7-8,13-15H2,1H3. The number of likely N-dealkylation sites (tertiary alicyclic amines) is 1. The number of aromatic nitrogens is 2. The zero-order chi connectivity index (χ0) is 22.7. The molecule has 6 nitrogen and oxygen atoms in total.